The molecule has 3 rings (SSSR count). The van der Waals surface area contributed by atoms with Gasteiger partial charge in [-0.1, -0.05) is 17.8 Å². The smallest absolute Gasteiger partial charge is 0.417 e. The molecule has 0 bridgehead atoms. The molecule has 2 unspecified atom stereocenters. The zero-order chi connectivity index (χ0) is 20.7. The molecule has 2 heterocycles. The SMILES string of the molecule is Cc1cc(Oc2ncc(C(F)(F)F)cc2C)ccc1CC1(C)SC(=O)NC1O. The van der Waals surface area contributed by atoms with Gasteiger partial charge in [0.1, 0.15) is 12.0 Å². The number of hydrogen-bond acceptors (Lipinski definition) is 5. The van der Waals surface area contributed by atoms with Crippen molar-refractivity contribution in [3.8, 4) is 11.6 Å². The third-order valence-corrected chi connectivity index (χ3v) is 5.72. The zero-order valence-electron chi connectivity index (χ0n) is 15.4. The molecule has 2 N–H and O–H groups in total. The molecule has 0 saturated carbocycles. The van der Waals surface area contributed by atoms with Crippen LogP contribution < -0.4 is 10.1 Å². The lowest BCUT2D eigenvalue weighted by Gasteiger charge is -2.25. The van der Waals surface area contributed by atoms with Crippen LogP contribution in [-0.4, -0.2) is 26.3 Å². The molecule has 150 valence electrons. The number of ether oxygens (including phenoxy) is 1. The van der Waals surface area contributed by atoms with Gasteiger partial charge in [0, 0.05) is 11.8 Å². The standard InChI is InChI=1S/C19H19F3N2O3S/c1-10-7-14(27-15-11(2)6-13(9-23-15)19(20,21)22)5-4-12(10)8-18(3)16(25)24-17(26)28-18/h4-7,9,16,25H,8H2,1-3H3,(H,24,26). The quantitative estimate of drug-likeness (QED) is 0.769. The second kappa shape index (κ2) is 7.29. The second-order valence-corrected chi connectivity index (χ2v) is 8.47. The van der Waals surface area contributed by atoms with Crippen LogP contribution in [0.1, 0.15) is 29.2 Å². The third-order valence-electron chi connectivity index (χ3n) is 4.59. The molecule has 2 aromatic rings. The highest BCUT2D eigenvalue weighted by Crippen LogP contribution is 2.38. The number of aromatic nitrogens is 1. The van der Waals surface area contributed by atoms with Crippen molar-refractivity contribution in [3.63, 3.8) is 0 Å². The van der Waals surface area contributed by atoms with E-state index in [1.165, 1.54) is 6.92 Å². The Morgan fingerprint density at radius 1 is 1.29 bits per heavy atom. The van der Waals surface area contributed by atoms with Crippen LogP contribution in [0.15, 0.2) is 30.5 Å². The van der Waals surface area contributed by atoms with Crippen LogP contribution in [0.25, 0.3) is 0 Å². The predicted molar refractivity (Wildman–Crippen MR) is 99.5 cm³/mol. The normalized spacial score (nSPS) is 22.2. The van der Waals surface area contributed by atoms with E-state index in [9.17, 15) is 23.1 Å². The fourth-order valence-electron chi connectivity index (χ4n) is 2.94. The first-order valence-electron chi connectivity index (χ1n) is 8.47. The Morgan fingerprint density at radius 2 is 2.00 bits per heavy atom. The molecule has 28 heavy (non-hydrogen) atoms. The Labute approximate surface area is 164 Å². The van der Waals surface area contributed by atoms with Gasteiger partial charge in [0.05, 0.1) is 10.3 Å². The number of aryl methyl sites for hydroxylation is 2. The van der Waals surface area contributed by atoms with Gasteiger partial charge in [0.15, 0.2) is 0 Å². The van der Waals surface area contributed by atoms with Crippen LogP contribution in [0, 0.1) is 13.8 Å². The average molecular weight is 412 g/mol. The summed E-state index contributed by atoms with van der Waals surface area (Å²) in [5, 5.41) is 12.3. The third kappa shape index (κ3) is 4.25. The number of nitrogens with zero attached hydrogens (tertiary/aromatic N) is 1. The largest absolute Gasteiger partial charge is 0.439 e. The van der Waals surface area contributed by atoms with E-state index in [2.05, 4.69) is 10.3 Å². The van der Waals surface area contributed by atoms with Crippen LogP contribution in [0.3, 0.4) is 0 Å². The lowest BCUT2D eigenvalue weighted by Crippen LogP contribution is -2.40. The molecule has 1 aliphatic heterocycles. The van der Waals surface area contributed by atoms with Gasteiger partial charge in [-0.15, -0.1) is 0 Å². The maximum absolute atomic E-state index is 12.7. The number of carbonyl (C=O) groups is 1. The molecule has 1 aromatic carbocycles. The number of thioether (sulfide) groups is 1. The molecule has 5 nitrogen and oxygen atoms in total. The summed E-state index contributed by atoms with van der Waals surface area (Å²) in [5.41, 5.74) is 1.25. The maximum Gasteiger partial charge on any atom is 0.417 e. The lowest BCUT2D eigenvalue weighted by atomic mass is 9.95. The number of hydrogen-bond donors (Lipinski definition) is 2. The van der Waals surface area contributed by atoms with Crippen molar-refractivity contribution in [2.75, 3.05) is 0 Å². The van der Waals surface area contributed by atoms with E-state index in [1.54, 1.807) is 19.1 Å². The van der Waals surface area contributed by atoms with Crippen molar-refractivity contribution in [1.29, 1.82) is 0 Å². The van der Waals surface area contributed by atoms with Crippen molar-refractivity contribution in [3.05, 3.63) is 52.7 Å². The monoisotopic (exact) mass is 412 g/mol. The number of alkyl halides is 3. The molecular weight excluding hydrogens is 393 g/mol. The van der Waals surface area contributed by atoms with Crippen LogP contribution >= 0.6 is 11.8 Å². The van der Waals surface area contributed by atoms with E-state index in [0.29, 0.717) is 12.2 Å². The molecule has 1 saturated heterocycles. The minimum atomic E-state index is -4.45. The molecule has 1 fully saturated rings. The van der Waals surface area contributed by atoms with Crippen molar-refractivity contribution in [2.24, 2.45) is 0 Å². The van der Waals surface area contributed by atoms with E-state index >= 15 is 0 Å². The Morgan fingerprint density at radius 3 is 2.54 bits per heavy atom. The summed E-state index contributed by atoms with van der Waals surface area (Å²) in [7, 11) is 0. The molecule has 2 atom stereocenters. The van der Waals surface area contributed by atoms with Crippen LogP contribution in [0.5, 0.6) is 11.6 Å². The Balaban J connectivity index is 1.77. The molecular formula is C19H19F3N2O3S. The van der Waals surface area contributed by atoms with E-state index in [-0.39, 0.29) is 16.7 Å². The Bertz CT molecular complexity index is 920. The van der Waals surface area contributed by atoms with Crippen LogP contribution in [-0.2, 0) is 12.6 Å². The number of halogens is 3. The highest BCUT2D eigenvalue weighted by atomic mass is 32.2. The number of pyridine rings is 1. The first kappa shape index (κ1) is 20.5. The van der Waals surface area contributed by atoms with Gasteiger partial charge in [-0.25, -0.2) is 4.98 Å². The highest BCUT2D eigenvalue weighted by molar-refractivity contribution is 8.15. The second-order valence-electron chi connectivity index (χ2n) is 6.96. The van der Waals surface area contributed by atoms with Gasteiger partial charge in [-0.05, 0) is 56.5 Å². The van der Waals surface area contributed by atoms with Gasteiger partial charge in [-0.3, -0.25) is 4.79 Å². The van der Waals surface area contributed by atoms with E-state index in [0.717, 1.165) is 35.2 Å². The molecule has 1 aromatic heterocycles. The number of carbonyl (C=O) groups excluding carboxylic acids is 1. The van der Waals surface area contributed by atoms with Gasteiger partial charge < -0.3 is 15.2 Å². The summed E-state index contributed by atoms with van der Waals surface area (Å²) in [6.45, 7) is 5.17. The highest BCUT2D eigenvalue weighted by Gasteiger charge is 2.43. The van der Waals surface area contributed by atoms with E-state index < -0.39 is 22.7 Å². The number of benzene rings is 1. The summed E-state index contributed by atoms with van der Waals surface area (Å²) in [6.07, 6.45) is -4.20. The molecule has 0 aliphatic carbocycles. The van der Waals surface area contributed by atoms with Gasteiger partial charge in [-0.2, -0.15) is 13.2 Å². The van der Waals surface area contributed by atoms with Crippen molar-refractivity contribution >= 4 is 17.0 Å². The first-order valence-corrected chi connectivity index (χ1v) is 9.28. The van der Waals surface area contributed by atoms with Gasteiger partial charge in [0.2, 0.25) is 5.88 Å². The van der Waals surface area contributed by atoms with Gasteiger partial charge in [0.25, 0.3) is 5.24 Å². The summed E-state index contributed by atoms with van der Waals surface area (Å²) >= 11 is 1.06. The maximum atomic E-state index is 12.7. The summed E-state index contributed by atoms with van der Waals surface area (Å²) in [5.74, 6) is 0.541. The molecule has 1 amide bonds. The summed E-state index contributed by atoms with van der Waals surface area (Å²) < 4.78 is 43.2. The van der Waals surface area contributed by atoms with E-state index in [1.807, 2.05) is 13.0 Å². The number of amides is 1. The van der Waals surface area contributed by atoms with Crippen molar-refractivity contribution in [2.45, 2.75) is 44.3 Å². The topological polar surface area (TPSA) is 71.5 Å². The van der Waals surface area contributed by atoms with Crippen molar-refractivity contribution in [1.82, 2.24) is 10.3 Å². The molecule has 0 spiro atoms. The number of aliphatic hydroxyl groups excluding tert-OH is 1. The Kier molecular flexibility index (Phi) is 5.33. The molecule has 1 aliphatic rings. The van der Waals surface area contributed by atoms with Crippen LogP contribution in [0.4, 0.5) is 18.0 Å². The summed E-state index contributed by atoms with van der Waals surface area (Å²) in [4.78, 5) is 15.3. The zero-order valence-corrected chi connectivity index (χ0v) is 16.2. The average Bonchev–Trinajstić information content (AvgIpc) is 2.83. The fraction of sp³-hybridized carbons (Fsp3) is 0.368. The minimum absolute atomic E-state index is 0.101. The summed E-state index contributed by atoms with van der Waals surface area (Å²) in [6, 6.07) is 6.24. The lowest BCUT2D eigenvalue weighted by molar-refractivity contribution is -0.137. The number of rotatable bonds is 4. The predicted octanol–water partition coefficient (Wildman–Crippen LogP) is 4.59. The number of nitrogens with one attached hydrogen (secondary N) is 1. The van der Waals surface area contributed by atoms with Crippen molar-refractivity contribution < 1.29 is 27.8 Å². The van der Waals surface area contributed by atoms with Gasteiger partial charge >= 0.3 is 6.18 Å². The molecule has 9 heteroatoms. The minimum Gasteiger partial charge on any atom is -0.439 e. The fourth-order valence-corrected chi connectivity index (χ4v) is 3.93. The first-order chi connectivity index (χ1) is 13.0. The number of aliphatic hydroxyl groups is 1. The molecule has 0 radical (unpaired) electrons. The Hall–Kier alpha value is -2.26. The van der Waals surface area contributed by atoms with E-state index in [4.69, 9.17) is 4.74 Å². The van der Waals surface area contributed by atoms with Crippen LogP contribution in [0.2, 0.25) is 0 Å².